The van der Waals surface area contributed by atoms with Gasteiger partial charge in [-0.25, -0.2) is 4.98 Å². The van der Waals surface area contributed by atoms with Crippen LogP contribution < -0.4 is 4.74 Å². The molecule has 0 aliphatic heterocycles. The maximum atomic E-state index is 13.6. The summed E-state index contributed by atoms with van der Waals surface area (Å²) >= 11 is 12.6. The van der Waals surface area contributed by atoms with Gasteiger partial charge in [0.2, 0.25) is 5.78 Å². The van der Waals surface area contributed by atoms with Gasteiger partial charge in [0.25, 0.3) is 0 Å². The molecule has 1 saturated carbocycles. The summed E-state index contributed by atoms with van der Waals surface area (Å²) < 4.78 is 7.52. The molecular formula is C27H29Cl2N2O2. The predicted octanol–water partition coefficient (Wildman–Crippen LogP) is 7.56. The molecule has 4 nitrogen and oxygen atoms in total. The van der Waals surface area contributed by atoms with E-state index in [1.807, 2.05) is 36.5 Å². The van der Waals surface area contributed by atoms with Crippen molar-refractivity contribution in [2.24, 2.45) is 5.92 Å². The van der Waals surface area contributed by atoms with Crippen molar-refractivity contribution in [3.8, 4) is 5.75 Å². The second-order valence-corrected chi connectivity index (χ2v) is 9.46. The van der Waals surface area contributed by atoms with Gasteiger partial charge in [-0.3, -0.25) is 4.79 Å². The van der Waals surface area contributed by atoms with Crippen LogP contribution in [0.2, 0.25) is 10.0 Å². The number of ether oxygens (including phenoxy) is 1. The lowest BCUT2D eigenvalue weighted by Gasteiger charge is -2.37. The van der Waals surface area contributed by atoms with E-state index in [0.29, 0.717) is 39.5 Å². The standard InChI is InChI=1S/C27H29Cl2N2O2/c1-3-20(19-13-14-22(28)23(29)17-19)25(18-9-5-4-6-10-18)31-16-15-30-27(31)26(32)21-11-7-8-12-24(21)33-2/h7-8,11-18,20,25H,1,3-6,9-10H2,2H3. The number of para-hydroxylation sites is 1. The maximum absolute atomic E-state index is 13.6. The van der Waals surface area contributed by atoms with Gasteiger partial charge in [0, 0.05) is 24.4 Å². The van der Waals surface area contributed by atoms with Crippen LogP contribution in [-0.2, 0) is 0 Å². The van der Waals surface area contributed by atoms with Crippen LogP contribution in [0, 0.1) is 12.8 Å². The summed E-state index contributed by atoms with van der Waals surface area (Å²) in [6.45, 7) is 4.29. The Hall–Kier alpha value is -2.30. The SMILES string of the molecule is [CH2]CC(c1ccc(Cl)c(Cl)c1)C(C1CCCCC1)n1ccnc1C(=O)c1ccccc1OC. The van der Waals surface area contributed by atoms with Crippen LogP contribution in [0.1, 0.15) is 72.2 Å². The van der Waals surface area contributed by atoms with E-state index in [1.165, 1.54) is 19.3 Å². The van der Waals surface area contributed by atoms with E-state index in [-0.39, 0.29) is 17.7 Å². The summed E-state index contributed by atoms with van der Waals surface area (Å²) in [5, 5.41) is 1.07. The number of rotatable bonds is 8. The summed E-state index contributed by atoms with van der Waals surface area (Å²) in [6, 6.07) is 13.1. The van der Waals surface area contributed by atoms with Crippen molar-refractivity contribution in [1.29, 1.82) is 0 Å². The molecule has 2 unspecified atom stereocenters. The second-order valence-electron chi connectivity index (χ2n) is 8.64. The third-order valence-corrected chi connectivity index (χ3v) is 7.51. The first-order chi connectivity index (χ1) is 16.0. The van der Waals surface area contributed by atoms with E-state index in [1.54, 1.807) is 25.4 Å². The fourth-order valence-electron chi connectivity index (χ4n) is 5.18. The largest absolute Gasteiger partial charge is 0.496 e. The average Bonchev–Trinajstić information content (AvgIpc) is 3.33. The minimum Gasteiger partial charge on any atom is -0.496 e. The maximum Gasteiger partial charge on any atom is 0.232 e. The molecule has 0 bridgehead atoms. The monoisotopic (exact) mass is 483 g/mol. The predicted molar refractivity (Wildman–Crippen MR) is 133 cm³/mol. The van der Waals surface area contributed by atoms with Gasteiger partial charge in [0.05, 0.1) is 22.7 Å². The minimum atomic E-state index is -0.143. The van der Waals surface area contributed by atoms with Gasteiger partial charge in [0.15, 0.2) is 5.82 Å². The van der Waals surface area contributed by atoms with Gasteiger partial charge in [-0.15, -0.1) is 0 Å². The first-order valence-corrected chi connectivity index (χ1v) is 12.3. The fourth-order valence-corrected chi connectivity index (χ4v) is 5.49. The van der Waals surface area contributed by atoms with Crippen LogP contribution in [0.25, 0.3) is 0 Å². The van der Waals surface area contributed by atoms with E-state index < -0.39 is 0 Å². The molecule has 6 heteroatoms. The van der Waals surface area contributed by atoms with Crippen LogP contribution in [0.5, 0.6) is 5.75 Å². The van der Waals surface area contributed by atoms with Crippen LogP contribution in [0.3, 0.4) is 0 Å². The van der Waals surface area contributed by atoms with E-state index in [9.17, 15) is 4.79 Å². The Kier molecular flexibility index (Phi) is 7.77. The van der Waals surface area contributed by atoms with Crippen molar-refractivity contribution in [3.05, 3.63) is 88.8 Å². The Morgan fingerprint density at radius 2 is 1.91 bits per heavy atom. The molecule has 1 fully saturated rings. The number of benzene rings is 2. The fraction of sp³-hybridized carbons (Fsp3) is 0.370. The number of nitrogens with zero attached hydrogens (tertiary/aromatic N) is 2. The average molecular weight is 484 g/mol. The molecule has 3 aromatic rings. The number of hydrogen-bond acceptors (Lipinski definition) is 3. The Balaban J connectivity index is 1.80. The molecular weight excluding hydrogens is 455 g/mol. The molecule has 173 valence electrons. The van der Waals surface area contributed by atoms with Crippen LogP contribution in [0.4, 0.5) is 0 Å². The van der Waals surface area contributed by atoms with Crippen LogP contribution in [-0.4, -0.2) is 22.4 Å². The molecule has 0 saturated heterocycles. The van der Waals surface area contributed by atoms with Crippen molar-refractivity contribution >= 4 is 29.0 Å². The van der Waals surface area contributed by atoms with Crippen molar-refractivity contribution in [2.45, 2.75) is 50.5 Å². The highest BCUT2D eigenvalue weighted by molar-refractivity contribution is 6.42. The molecule has 1 aliphatic carbocycles. The zero-order valence-electron chi connectivity index (χ0n) is 18.8. The molecule has 2 atom stereocenters. The molecule has 0 N–H and O–H groups in total. The van der Waals surface area contributed by atoms with Crippen LogP contribution >= 0.6 is 23.2 Å². The topological polar surface area (TPSA) is 44.1 Å². The Morgan fingerprint density at radius 3 is 2.61 bits per heavy atom. The number of methoxy groups -OCH3 is 1. The number of carbonyl (C=O) groups is 1. The summed E-state index contributed by atoms with van der Waals surface area (Å²) in [7, 11) is 1.58. The lowest BCUT2D eigenvalue weighted by Crippen LogP contribution is -2.29. The van der Waals surface area contributed by atoms with E-state index in [2.05, 4.69) is 16.5 Å². The zero-order chi connectivity index (χ0) is 23.4. The summed E-state index contributed by atoms with van der Waals surface area (Å²) in [4.78, 5) is 18.1. The third kappa shape index (κ3) is 4.97. The van der Waals surface area contributed by atoms with E-state index >= 15 is 0 Å². The highest BCUT2D eigenvalue weighted by atomic mass is 35.5. The van der Waals surface area contributed by atoms with Gasteiger partial charge >= 0.3 is 0 Å². The molecule has 0 spiro atoms. The highest BCUT2D eigenvalue weighted by Crippen LogP contribution is 2.44. The van der Waals surface area contributed by atoms with Gasteiger partial charge in [-0.05, 0) is 55.0 Å². The van der Waals surface area contributed by atoms with Gasteiger partial charge in [0.1, 0.15) is 5.75 Å². The molecule has 33 heavy (non-hydrogen) atoms. The lowest BCUT2D eigenvalue weighted by molar-refractivity contribution is 0.101. The first-order valence-electron chi connectivity index (χ1n) is 11.5. The third-order valence-electron chi connectivity index (χ3n) is 6.77. The molecule has 1 aliphatic rings. The molecule has 1 heterocycles. The Morgan fingerprint density at radius 1 is 1.15 bits per heavy atom. The number of ketones is 1. The number of halogens is 2. The van der Waals surface area contributed by atoms with Gasteiger partial charge in [-0.1, -0.05) is 67.6 Å². The van der Waals surface area contributed by atoms with E-state index in [4.69, 9.17) is 27.9 Å². The highest BCUT2D eigenvalue weighted by Gasteiger charge is 2.35. The van der Waals surface area contributed by atoms with Gasteiger partial charge in [-0.2, -0.15) is 0 Å². The van der Waals surface area contributed by atoms with E-state index in [0.717, 1.165) is 18.4 Å². The van der Waals surface area contributed by atoms with Crippen molar-refractivity contribution in [1.82, 2.24) is 9.55 Å². The number of carbonyl (C=O) groups excluding carboxylic acids is 1. The Labute approximate surface area is 205 Å². The number of hydrogen-bond donors (Lipinski definition) is 0. The summed E-state index contributed by atoms with van der Waals surface area (Å²) in [5.41, 5.74) is 1.59. The van der Waals surface area contributed by atoms with Gasteiger partial charge < -0.3 is 9.30 Å². The normalized spacial score (nSPS) is 16.4. The molecule has 1 aromatic heterocycles. The van der Waals surface area contributed by atoms with Crippen molar-refractivity contribution in [3.63, 3.8) is 0 Å². The zero-order valence-corrected chi connectivity index (χ0v) is 20.4. The lowest BCUT2D eigenvalue weighted by atomic mass is 9.75. The number of imidazole rings is 1. The first kappa shape index (κ1) is 23.8. The summed E-state index contributed by atoms with van der Waals surface area (Å²) in [6.07, 6.45) is 10.2. The van der Waals surface area contributed by atoms with Crippen molar-refractivity contribution < 1.29 is 9.53 Å². The minimum absolute atomic E-state index is 0.0381. The summed E-state index contributed by atoms with van der Waals surface area (Å²) in [5.74, 6) is 1.31. The number of aromatic nitrogens is 2. The molecule has 0 amide bonds. The molecule has 1 radical (unpaired) electrons. The second kappa shape index (κ2) is 10.8. The Bertz CT molecular complexity index is 1110. The smallest absolute Gasteiger partial charge is 0.232 e. The molecule has 2 aromatic carbocycles. The molecule has 4 rings (SSSR count). The van der Waals surface area contributed by atoms with Crippen LogP contribution in [0.15, 0.2) is 54.9 Å². The van der Waals surface area contributed by atoms with Crippen molar-refractivity contribution in [2.75, 3.05) is 7.11 Å². The quantitative estimate of drug-likeness (QED) is 0.310.